The Bertz CT molecular complexity index is 5200. The smallest absolute Gasteiger partial charge is 0.181 e. The Morgan fingerprint density at radius 1 is 0.518 bits per heavy atom. The molecule has 6 aromatic carbocycles. The maximum atomic E-state index is 13.8. The summed E-state index contributed by atoms with van der Waals surface area (Å²) in [7, 11) is 4.51. The second-order valence-electron chi connectivity index (χ2n) is 27.3. The number of nitrogens with zero attached hydrogens (tertiary/aromatic N) is 3. The number of carbonyl (C=O) groups is 6. The van der Waals surface area contributed by atoms with Crippen molar-refractivity contribution >= 4 is 57.3 Å². The number of aliphatic hydroxyl groups excluding tert-OH is 1. The summed E-state index contributed by atoms with van der Waals surface area (Å²) < 4.78 is 91.8. The van der Waals surface area contributed by atoms with E-state index in [-0.39, 0.29) is 158 Å². The molecule has 2 aliphatic carbocycles. The molecule has 572 valence electrons. The van der Waals surface area contributed by atoms with Crippen LogP contribution >= 0.6 is 11.6 Å². The fraction of sp³-hybridized carbons (Fsp3) is 0.314. The van der Waals surface area contributed by atoms with Crippen LogP contribution in [0, 0.1) is 38.2 Å². The number of fused-ring (bicyclic) bond motifs is 3. The zero-order valence-corrected chi connectivity index (χ0v) is 62.0. The van der Waals surface area contributed by atoms with E-state index in [2.05, 4.69) is 15.0 Å². The van der Waals surface area contributed by atoms with Gasteiger partial charge in [-0.1, -0.05) is 26.0 Å². The molecule has 2 saturated carbocycles. The molecule has 4 aliphatic rings. The summed E-state index contributed by atoms with van der Waals surface area (Å²) in [5.74, 6) is 1.89. The quantitative estimate of drug-likeness (QED) is 0.0431. The van der Waals surface area contributed by atoms with Crippen molar-refractivity contribution < 1.29 is 94.5 Å². The van der Waals surface area contributed by atoms with Gasteiger partial charge in [-0.3, -0.25) is 28.8 Å². The van der Waals surface area contributed by atoms with E-state index < -0.39 is 11.4 Å². The summed E-state index contributed by atoms with van der Waals surface area (Å²) in [6, 6.07) is 34.9. The van der Waals surface area contributed by atoms with Gasteiger partial charge in [0.05, 0.1) is 51.8 Å². The van der Waals surface area contributed by atoms with E-state index in [9.17, 15) is 47.0 Å². The second-order valence-corrected chi connectivity index (χ2v) is 27.7. The monoisotopic (exact) mass is 1520 g/mol. The summed E-state index contributed by atoms with van der Waals surface area (Å²) >= 11 is 5.96. The number of ketones is 6. The molecule has 2 aliphatic heterocycles. The molecule has 14 rings (SSSR count). The first-order chi connectivity index (χ1) is 52.3. The lowest BCUT2D eigenvalue weighted by Gasteiger charge is -2.15. The van der Waals surface area contributed by atoms with E-state index in [1.54, 1.807) is 119 Å². The topological polar surface area (TPSA) is 269 Å². The number of rotatable bonds is 28. The van der Waals surface area contributed by atoms with Crippen LogP contribution in [0.25, 0.3) is 44.7 Å². The molecule has 2 N–H and O–H groups in total. The lowest BCUT2D eigenvalue weighted by Crippen LogP contribution is -2.22. The van der Waals surface area contributed by atoms with Crippen LogP contribution in [0.4, 0.5) is 13.2 Å². The highest BCUT2D eigenvalue weighted by atomic mass is 35.5. The lowest BCUT2D eigenvalue weighted by atomic mass is 9.94. The summed E-state index contributed by atoms with van der Waals surface area (Å²) in [6.07, 6.45) is 4.31. The largest absolute Gasteiger partial charge is 0.493 e. The van der Waals surface area contributed by atoms with Crippen molar-refractivity contribution in [2.24, 2.45) is 0 Å². The molecule has 2 fully saturated rings. The van der Waals surface area contributed by atoms with E-state index in [4.69, 9.17) is 59.0 Å². The number of aliphatic hydroxyl groups is 2. The van der Waals surface area contributed by atoms with Crippen molar-refractivity contribution in [1.29, 1.82) is 0 Å². The van der Waals surface area contributed by atoms with Gasteiger partial charge in [-0.25, -0.2) is 28.1 Å². The number of Topliss-reactive ketones (excluding diaryl/α,β-unsaturated/α-hetero) is 6. The highest BCUT2D eigenvalue weighted by Crippen LogP contribution is 2.46. The second kappa shape index (κ2) is 34.5. The standard InChI is InChI=1S/C29H28FNO5.C28H25ClFNO6.C28H26FNO6.CH4/c1-16-12-19(4-8-22(16)30)28-29-21(17(2)15-35-29)14-23(31-28)25(33)10-9-24(32)18-5-11-26(27(13-18)34-3)36-20-6-7-20;1-28(34)14-36-27-18(28)13-21(31-26(27)16-3-7-20(30)19(29)11-16)23(33)9-8-22(32)15-4-10-24(25(12-15)35-2)37-17-5-6-17;1-16-12-19(4-6-21(16)29)27-28-20(13-17(2)36-28)14-22(30-27)24(33)8-7-23(32)18-5-9-25(35-11-10-31)26(15-18)34-3;/h4-5,8,11-14,17,20H,6-7,9-10,15H2,1-3H3;3-4,7,10-13,17,34H,5-6,8-9,14H2,1-2H3;4-6,9,12-15,31H,7-8,10-11H2,1-3H3;1H4. The van der Waals surface area contributed by atoms with Gasteiger partial charge in [0.25, 0.3) is 0 Å². The molecule has 4 aromatic heterocycles. The van der Waals surface area contributed by atoms with Crippen molar-refractivity contribution in [1.82, 2.24) is 15.0 Å². The SMILES string of the molecule is C.COc1cc(C(=O)CCC(=O)c2cc3c(c(-c4ccc(F)c(C)c4)n2)OCC3C)ccc1OC1CC1.COc1cc(C(=O)CCC(=O)c2cc3c(c(-c4ccc(F)c(Cl)c4)n2)OCC3(C)O)ccc1OC1CC1.COc1cc(C(=O)CCC(=O)c2cc3cc(C)oc3c(-c3ccc(F)c(C)c3)n2)ccc1OCCO. The third-order valence-corrected chi connectivity index (χ3v) is 19.1. The molecule has 0 spiro atoms. The fourth-order valence-corrected chi connectivity index (χ4v) is 12.6. The molecule has 10 aromatic rings. The maximum Gasteiger partial charge on any atom is 0.181 e. The predicted octanol–water partition coefficient (Wildman–Crippen LogP) is 17.7. The van der Waals surface area contributed by atoms with Crippen LogP contribution < -0.4 is 37.9 Å². The number of furan rings is 1. The van der Waals surface area contributed by atoms with Crippen molar-refractivity contribution in [3.8, 4) is 79.8 Å². The number of ether oxygens (including phenoxy) is 8. The predicted molar refractivity (Wildman–Crippen MR) is 406 cm³/mol. The van der Waals surface area contributed by atoms with Crippen LogP contribution in [0.3, 0.4) is 0 Å². The first-order valence-electron chi connectivity index (χ1n) is 35.6. The van der Waals surface area contributed by atoms with E-state index in [0.717, 1.165) is 31.2 Å². The van der Waals surface area contributed by atoms with E-state index in [0.29, 0.717) is 131 Å². The zero-order chi connectivity index (χ0) is 77.5. The molecule has 0 radical (unpaired) electrons. The van der Waals surface area contributed by atoms with E-state index in [1.165, 1.54) is 57.7 Å². The van der Waals surface area contributed by atoms with Crippen LogP contribution in [0.15, 0.2) is 138 Å². The van der Waals surface area contributed by atoms with Gasteiger partial charge in [-0.2, -0.15) is 0 Å². The van der Waals surface area contributed by atoms with E-state index in [1.807, 2.05) is 13.0 Å². The number of benzene rings is 6. The number of pyridine rings is 3. The molecule has 2 unspecified atom stereocenters. The van der Waals surface area contributed by atoms with E-state index >= 15 is 0 Å². The van der Waals surface area contributed by atoms with Crippen molar-refractivity contribution in [3.63, 3.8) is 0 Å². The minimum Gasteiger partial charge on any atom is -0.493 e. The molecule has 0 bridgehead atoms. The van der Waals surface area contributed by atoms with Gasteiger partial charge in [0, 0.05) is 94.3 Å². The highest BCUT2D eigenvalue weighted by molar-refractivity contribution is 6.31. The van der Waals surface area contributed by atoms with Crippen LogP contribution in [0.1, 0.15) is 182 Å². The average Bonchev–Trinajstić information content (AvgIpc) is 1.59. The van der Waals surface area contributed by atoms with Crippen molar-refractivity contribution in [2.45, 2.75) is 130 Å². The molecule has 0 amide bonds. The summed E-state index contributed by atoms with van der Waals surface area (Å²) in [5, 5.41) is 20.3. The number of carbonyl (C=O) groups excluding carboxylic acids is 6. The number of aryl methyl sites for hydroxylation is 3. The van der Waals surface area contributed by atoms with Gasteiger partial charge in [-0.05, 0) is 198 Å². The number of aromatic nitrogens is 3. The van der Waals surface area contributed by atoms with Crippen LogP contribution in [0.2, 0.25) is 5.02 Å². The molecule has 0 saturated heterocycles. The third-order valence-electron chi connectivity index (χ3n) is 18.8. The van der Waals surface area contributed by atoms with Crippen molar-refractivity contribution in [2.75, 3.05) is 47.8 Å². The summed E-state index contributed by atoms with van der Waals surface area (Å²) in [6.45, 7) is 9.15. The fourth-order valence-electron chi connectivity index (χ4n) is 12.4. The van der Waals surface area contributed by atoms with Gasteiger partial charge in [-0.15, -0.1) is 0 Å². The lowest BCUT2D eigenvalue weighted by molar-refractivity contribution is 0.0349. The summed E-state index contributed by atoms with van der Waals surface area (Å²) in [5.41, 5.74) is 6.20. The molecular weight excluding hydrogens is 1440 g/mol. The number of methoxy groups -OCH3 is 3. The first-order valence-corrected chi connectivity index (χ1v) is 36.0. The van der Waals surface area contributed by atoms with Gasteiger partial charge < -0.3 is 52.5 Å². The number of halogens is 4. The van der Waals surface area contributed by atoms with Gasteiger partial charge in [0.15, 0.2) is 80.5 Å². The molecular formula is C86H83ClF3N3O17. The molecule has 6 heterocycles. The maximum absolute atomic E-state index is 13.8. The molecule has 20 nitrogen and oxygen atoms in total. The molecule has 110 heavy (non-hydrogen) atoms. The summed E-state index contributed by atoms with van der Waals surface area (Å²) in [4.78, 5) is 91.4. The Morgan fingerprint density at radius 2 is 0.955 bits per heavy atom. The zero-order valence-electron chi connectivity index (χ0n) is 61.2. The Kier molecular flexibility index (Phi) is 25.0. The van der Waals surface area contributed by atoms with Crippen LogP contribution in [-0.4, -0.2) is 120 Å². The van der Waals surface area contributed by atoms with Crippen LogP contribution in [0.5, 0.6) is 46.0 Å². The normalized spacial score (nSPS) is 15.1. The Balaban J connectivity index is 0.000000163. The Labute approximate surface area is 638 Å². The first kappa shape index (κ1) is 79.8. The number of hydrogen-bond donors (Lipinski definition) is 2. The molecule has 24 heteroatoms. The minimum atomic E-state index is -1.34. The van der Waals surface area contributed by atoms with Gasteiger partial charge >= 0.3 is 0 Å². The average molecular weight is 1520 g/mol. The highest BCUT2D eigenvalue weighted by Gasteiger charge is 2.39. The minimum absolute atomic E-state index is 0. The molecule has 2 atom stereocenters. The van der Waals surface area contributed by atoms with Crippen molar-refractivity contribution in [3.05, 3.63) is 218 Å². The Hall–Kier alpha value is -11.3. The van der Waals surface area contributed by atoms with Gasteiger partial charge in [0.1, 0.15) is 81.9 Å². The van der Waals surface area contributed by atoms with Gasteiger partial charge in [0.2, 0.25) is 0 Å². The Morgan fingerprint density at radius 3 is 1.44 bits per heavy atom. The number of hydrogen-bond acceptors (Lipinski definition) is 20. The van der Waals surface area contributed by atoms with Crippen LogP contribution in [-0.2, 0) is 5.60 Å². The third kappa shape index (κ3) is 18.5.